The van der Waals surface area contributed by atoms with Gasteiger partial charge in [0.05, 0.1) is 5.56 Å². The standard InChI is InChI=1S/C15H15N3O3S/c1-9-11(12-14(21-9)17-8-18(2)15(12)20)13(19)16-5-3-10-4-6-22-7-10/h4,6-8H,3,5H2,1-2H3,(H,16,19). The highest BCUT2D eigenvalue weighted by atomic mass is 32.1. The molecule has 0 atom stereocenters. The molecule has 3 aromatic rings. The summed E-state index contributed by atoms with van der Waals surface area (Å²) in [6, 6.07) is 2.02. The summed E-state index contributed by atoms with van der Waals surface area (Å²) in [4.78, 5) is 28.6. The van der Waals surface area contributed by atoms with Crippen molar-refractivity contribution in [3.8, 4) is 0 Å². The number of nitrogens with zero attached hydrogens (tertiary/aromatic N) is 2. The SMILES string of the molecule is Cc1oc2ncn(C)c(=O)c2c1C(=O)NCCc1ccsc1. The van der Waals surface area contributed by atoms with Gasteiger partial charge in [-0.25, -0.2) is 4.98 Å². The Hall–Kier alpha value is -2.41. The molecule has 0 aromatic carbocycles. The molecule has 0 aliphatic heterocycles. The van der Waals surface area contributed by atoms with Crippen LogP contribution in [-0.4, -0.2) is 22.0 Å². The van der Waals surface area contributed by atoms with E-state index in [4.69, 9.17) is 4.42 Å². The molecular weight excluding hydrogens is 302 g/mol. The van der Waals surface area contributed by atoms with Gasteiger partial charge >= 0.3 is 0 Å². The Morgan fingerprint density at radius 3 is 3.05 bits per heavy atom. The van der Waals surface area contributed by atoms with Gasteiger partial charge in [0.15, 0.2) is 0 Å². The third kappa shape index (κ3) is 2.55. The molecule has 1 N–H and O–H groups in total. The lowest BCUT2D eigenvalue weighted by Gasteiger charge is -2.04. The van der Waals surface area contributed by atoms with Gasteiger partial charge in [-0.05, 0) is 35.7 Å². The first-order valence-corrected chi connectivity index (χ1v) is 7.76. The summed E-state index contributed by atoms with van der Waals surface area (Å²) in [6.07, 6.45) is 2.13. The zero-order chi connectivity index (χ0) is 15.7. The molecule has 1 amide bonds. The van der Waals surface area contributed by atoms with Gasteiger partial charge in [-0.3, -0.25) is 9.59 Å². The molecule has 22 heavy (non-hydrogen) atoms. The molecule has 0 aliphatic rings. The van der Waals surface area contributed by atoms with Crippen LogP contribution in [0.1, 0.15) is 21.7 Å². The second kappa shape index (κ2) is 5.76. The monoisotopic (exact) mass is 317 g/mol. The number of carbonyl (C=O) groups is 1. The van der Waals surface area contributed by atoms with Crippen LogP contribution in [0.15, 0.2) is 32.4 Å². The van der Waals surface area contributed by atoms with Gasteiger partial charge in [-0.15, -0.1) is 0 Å². The van der Waals surface area contributed by atoms with E-state index in [0.717, 1.165) is 6.42 Å². The van der Waals surface area contributed by atoms with Crippen molar-refractivity contribution >= 4 is 28.3 Å². The minimum atomic E-state index is -0.309. The van der Waals surface area contributed by atoms with E-state index in [0.29, 0.717) is 12.3 Å². The van der Waals surface area contributed by atoms with Crippen molar-refractivity contribution in [3.63, 3.8) is 0 Å². The Balaban J connectivity index is 1.86. The zero-order valence-electron chi connectivity index (χ0n) is 12.3. The number of fused-ring (bicyclic) bond motifs is 1. The molecular formula is C15H15N3O3S. The summed E-state index contributed by atoms with van der Waals surface area (Å²) in [6.45, 7) is 2.16. The Labute approximate surface area is 130 Å². The van der Waals surface area contributed by atoms with Crippen LogP contribution >= 0.6 is 11.3 Å². The van der Waals surface area contributed by atoms with Crippen LogP contribution < -0.4 is 10.9 Å². The molecule has 0 aliphatic carbocycles. The van der Waals surface area contributed by atoms with Crippen LogP contribution in [0.4, 0.5) is 0 Å². The van der Waals surface area contributed by atoms with Crippen molar-refractivity contribution in [2.75, 3.05) is 6.54 Å². The van der Waals surface area contributed by atoms with Gasteiger partial charge in [-0.1, -0.05) is 0 Å². The number of amides is 1. The van der Waals surface area contributed by atoms with E-state index in [1.54, 1.807) is 25.3 Å². The van der Waals surface area contributed by atoms with E-state index in [1.165, 1.54) is 16.5 Å². The summed E-state index contributed by atoms with van der Waals surface area (Å²) in [5.74, 6) is 0.0930. The quantitative estimate of drug-likeness (QED) is 0.797. The van der Waals surface area contributed by atoms with Gasteiger partial charge in [0, 0.05) is 13.6 Å². The maximum Gasteiger partial charge on any atom is 0.265 e. The Bertz CT molecular complexity index is 877. The first-order chi connectivity index (χ1) is 10.6. The number of thiophene rings is 1. The fourth-order valence-electron chi connectivity index (χ4n) is 2.30. The average molecular weight is 317 g/mol. The lowest BCUT2D eigenvalue weighted by molar-refractivity contribution is 0.0954. The Morgan fingerprint density at radius 2 is 2.32 bits per heavy atom. The molecule has 0 unspecified atom stereocenters. The third-order valence-corrected chi connectivity index (χ3v) is 4.19. The lowest BCUT2D eigenvalue weighted by atomic mass is 10.1. The topological polar surface area (TPSA) is 77.1 Å². The molecule has 0 saturated carbocycles. The number of aryl methyl sites for hydroxylation is 2. The van der Waals surface area contributed by atoms with Crippen LogP contribution in [-0.2, 0) is 13.5 Å². The molecule has 0 spiro atoms. The highest BCUT2D eigenvalue weighted by Crippen LogP contribution is 2.20. The van der Waals surface area contributed by atoms with E-state index in [2.05, 4.69) is 10.3 Å². The van der Waals surface area contributed by atoms with Gasteiger partial charge in [0.1, 0.15) is 17.5 Å². The van der Waals surface area contributed by atoms with E-state index in [1.807, 2.05) is 16.8 Å². The number of furan rings is 1. The van der Waals surface area contributed by atoms with Gasteiger partial charge < -0.3 is 14.3 Å². The summed E-state index contributed by atoms with van der Waals surface area (Å²) >= 11 is 1.62. The Morgan fingerprint density at radius 1 is 1.50 bits per heavy atom. The molecule has 0 radical (unpaired) electrons. The largest absolute Gasteiger partial charge is 0.442 e. The van der Waals surface area contributed by atoms with E-state index in [-0.39, 0.29) is 28.1 Å². The first-order valence-electron chi connectivity index (χ1n) is 6.82. The molecule has 7 heteroatoms. The second-order valence-electron chi connectivity index (χ2n) is 5.01. The van der Waals surface area contributed by atoms with Gasteiger partial charge in [-0.2, -0.15) is 11.3 Å². The smallest absolute Gasteiger partial charge is 0.265 e. The molecule has 3 heterocycles. The molecule has 114 valence electrons. The third-order valence-electron chi connectivity index (χ3n) is 3.45. The number of rotatable bonds is 4. The van der Waals surface area contributed by atoms with Crippen LogP contribution in [0, 0.1) is 6.92 Å². The highest BCUT2D eigenvalue weighted by molar-refractivity contribution is 7.07. The zero-order valence-corrected chi connectivity index (χ0v) is 13.1. The van der Waals surface area contributed by atoms with Crippen molar-refractivity contribution < 1.29 is 9.21 Å². The molecule has 3 rings (SSSR count). The number of hydrogen-bond donors (Lipinski definition) is 1. The van der Waals surface area contributed by atoms with Crippen LogP contribution in [0.5, 0.6) is 0 Å². The van der Waals surface area contributed by atoms with Crippen molar-refractivity contribution in [1.82, 2.24) is 14.9 Å². The van der Waals surface area contributed by atoms with E-state index >= 15 is 0 Å². The molecule has 0 fully saturated rings. The van der Waals surface area contributed by atoms with Crippen molar-refractivity contribution in [2.24, 2.45) is 7.05 Å². The highest BCUT2D eigenvalue weighted by Gasteiger charge is 2.22. The predicted octanol–water partition coefficient (Wildman–Crippen LogP) is 1.87. The molecule has 0 saturated heterocycles. The van der Waals surface area contributed by atoms with Crippen LogP contribution in [0.2, 0.25) is 0 Å². The maximum absolute atomic E-state index is 12.4. The minimum Gasteiger partial charge on any atom is -0.442 e. The van der Waals surface area contributed by atoms with E-state index < -0.39 is 0 Å². The maximum atomic E-state index is 12.4. The summed E-state index contributed by atoms with van der Waals surface area (Å²) in [5, 5.41) is 7.11. The Kier molecular flexibility index (Phi) is 3.81. The van der Waals surface area contributed by atoms with Gasteiger partial charge in [0.25, 0.3) is 11.5 Å². The van der Waals surface area contributed by atoms with Crippen molar-refractivity contribution in [1.29, 1.82) is 0 Å². The second-order valence-corrected chi connectivity index (χ2v) is 5.79. The summed E-state index contributed by atoms with van der Waals surface area (Å²) in [5.41, 5.74) is 1.36. The number of aromatic nitrogens is 2. The fraction of sp³-hybridized carbons (Fsp3) is 0.267. The summed E-state index contributed by atoms with van der Waals surface area (Å²) < 4.78 is 6.76. The fourth-order valence-corrected chi connectivity index (χ4v) is 3.01. The first kappa shape index (κ1) is 14.5. The minimum absolute atomic E-state index is 0.198. The van der Waals surface area contributed by atoms with Gasteiger partial charge in [0.2, 0.25) is 5.71 Å². The van der Waals surface area contributed by atoms with Crippen molar-refractivity contribution in [3.05, 3.63) is 50.4 Å². The van der Waals surface area contributed by atoms with E-state index in [9.17, 15) is 9.59 Å². The van der Waals surface area contributed by atoms with Crippen LogP contribution in [0.25, 0.3) is 11.1 Å². The van der Waals surface area contributed by atoms with Crippen LogP contribution in [0.3, 0.4) is 0 Å². The van der Waals surface area contributed by atoms with Crippen molar-refractivity contribution in [2.45, 2.75) is 13.3 Å². The average Bonchev–Trinajstić information content (AvgIpc) is 3.10. The predicted molar refractivity (Wildman–Crippen MR) is 84.3 cm³/mol. The normalized spacial score (nSPS) is 11.0. The summed E-state index contributed by atoms with van der Waals surface area (Å²) in [7, 11) is 1.59. The number of nitrogens with one attached hydrogen (secondary N) is 1. The number of hydrogen-bond acceptors (Lipinski definition) is 5. The molecule has 0 bridgehead atoms. The molecule has 3 aromatic heterocycles. The lowest BCUT2D eigenvalue weighted by Crippen LogP contribution is -2.27. The number of carbonyl (C=O) groups excluding carboxylic acids is 1. The molecule has 6 nitrogen and oxygen atoms in total.